The number of benzene rings is 1. The predicted molar refractivity (Wildman–Crippen MR) is 81.7 cm³/mol. The zero-order chi connectivity index (χ0) is 14.9. The third-order valence-corrected chi connectivity index (χ3v) is 3.85. The van der Waals surface area contributed by atoms with Gasteiger partial charge in [0.1, 0.15) is 6.17 Å². The molecule has 0 radical (unpaired) electrons. The molecule has 20 heavy (non-hydrogen) atoms. The zero-order valence-electron chi connectivity index (χ0n) is 12.4. The molecule has 1 fully saturated rings. The Bertz CT molecular complexity index is 475. The minimum absolute atomic E-state index is 0.0790. The molecule has 1 aliphatic rings. The number of hydrogen-bond donors (Lipinski definition) is 1. The van der Waals surface area contributed by atoms with Gasteiger partial charge in [-0.05, 0) is 45.6 Å². The minimum atomic E-state index is -0.153. The van der Waals surface area contributed by atoms with Crippen LogP contribution in [0, 0.1) is 0 Å². The second-order valence-electron chi connectivity index (χ2n) is 5.70. The molecular weight excluding hydrogens is 274 g/mol. The number of carbonyl (C=O) groups excluding carboxylic acids is 1. The summed E-state index contributed by atoms with van der Waals surface area (Å²) in [6, 6.07) is 7.67. The van der Waals surface area contributed by atoms with Gasteiger partial charge in [0.2, 0.25) is 5.91 Å². The van der Waals surface area contributed by atoms with Gasteiger partial charge in [0.15, 0.2) is 0 Å². The van der Waals surface area contributed by atoms with E-state index in [0.29, 0.717) is 5.02 Å². The summed E-state index contributed by atoms with van der Waals surface area (Å²) in [5.74, 6) is 0.152. The number of likely N-dealkylation sites (N-methyl/N-ethyl adjacent to an activating group) is 1. The van der Waals surface area contributed by atoms with Crippen molar-refractivity contribution in [1.29, 1.82) is 0 Å². The lowest BCUT2D eigenvalue weighted by Gasteiger charge is -2.32. The van der Waals surface area contributed by atoms with Crippen LogP contribution < -0.4 is 5.32 Å². The minimum Gasteiger partial charge on any atom is -0.318 e. The second-order valence-corrected chi connectivity index (χ2v) is 6.14. The van der Waals surface area contributed by atoms with Gasteiger partial charge >= 0.3 is 0 Å². The van der Waals surface area contributed by atoms with Crippen molar-refractivity contribution >= 4 is 17.5 Å². The van der Waals surface area contributed by atoms with E-state index in [1.165, 1.54) is 0 Å². The molecule has 1 heterocycles. The third-order valence-electron chi connectivity index (χ3n) is 3.60. The lowest BCUT2D eigenvalue weighted by molar-refractivity contribution is -0.132. The highest BCUT2D eigenvalue weighted by molar-refractivity contribution is 6.30. The number of carbonyl (C=O) groups is 1. The van der Waals surface area contributed by atoms with Crippen LogP contribution in [0.1, 0.15) is 25.6 Å². The van der Waals surface area contributed by atoms with E-state index in [2.05, 4.69) is 17.1 Å². The second kappa shape index (κ2) is 6.12. The lowest BCUT2D eigenvalue weighted by Crippen LogP contribution is -2.43. The molecule has 3 unspecified atom stereocenters. The maximum Gasteiger partial charge on any atom is 0.241 e. The van der Waals surface area contributed by atoms with E-state index in [4.69, 9.17) is 11.6 Å². The molecule has 1 saturated heterocycles. The molecule has 0 bridgehead atoms. The summed E-state index contributed by atoms with van der Waals surface area (Å²) in [5, 5.41) is 4.07. The van der Waals surface area contributed by atoms with E-state index < -0.39 is 0 Å². The van der Waals surface area contributed by atoms with E-state index >= 15 is 0 Å². The van der Waals surface area contributed by atoms with Crippen molar-refractivity contribution in [2.24, 2.45) is 0 Å². The Labute approximate surface area is 125 Å². The van der Waals surface area contributed by atoms with Crippen molar-refractivity contribution in [1.82, 2.24) is 15.1 Å². The van der Waals surface area contributed by atoms with Crippen LogP contribution in [-0.4, -0.2) is 48.4 Å². The number of amides is 1. The first-order valence-corrected chi connectivity index (χ1v) is 7.26. The molecule has 0 aromatic heterocycles. The van der Waals surface area contributed by atoms with Crippen LogP contribution in [0.5, 0.6) is 0 Å². The summed E-state index contributed by atoms with van der Waals surface area (Å²) in [5.41, 5.74) is 1.07. The summed E-state index contributed by atoms with van der Waals surface area (Å²) in [4.78, 5) is 16.4. The molecule has 0 saturated carbocycles. The van der Waals surface area contributed by atoms with Gasteiger partial charge in [-0.25, -0.2) is 0 Å². The van der Waals surface area contributed by atoms with Crippen LogP contribution in [0.15, 0.2) is 24.3 Å². The molecule has 1 aromatic carbocycles. The normalized spacial score (nSPS) is 24.5. The molecule has 3 atom stereocenters. The first-order chi connectivity index (χ1) is 9.40. The molecule has 2 rings (SSSR count). The Morgan fingerprint density at radius 3 is 2.50 bits per heavy atom. The lowest BCUT2D eigenvalue weighted by atomic mass is 10.1. The van der Waals surface area contributed by atoms with Gasteiger partial charge in [-0.1, -0.05) is 23.7 Å². The predicted octanol–water partition coefficient (Wildman–Crippen LogP) is 2.11. The van der Waals surface area contributed by atoms with E-state index in [1.54, 1.807) is 0 Å². The Kier molecular flexibility index (Phi) is 4.68. The van der Waals surface area contributed by atoms with Crippen LogP contribution in [0.3, 0.4) is 0 Å². The topological polar surface area (TPSA) is 35.6 Å². The van der Waals surface area contributed by atoms with Gasteiger partial charge in [0.25, 0.3) is 0 Å². The standard InChI is InChI=1S/C15H22ClN3O/c1-10(9-18(3)4)19-14(17-11(2)15(19)20)12-5-7-13(16)8-6-12/h5-8,10-11,14,17H,9H2,1-4H3. The number of hydrogen-bond acceptors (Lipinski definition) is 3. The van der Waals surface area contributed by atoms with Gasteiger partial charge in [0, 0.05) is 17.6 Å². The molecule has 110 valence electrons. The number of nitrogens with zero attached hydrogens (tertiary/aromatic N) is 2. The van der Waals surface area contributed by atoms with Crippen molar-refractivity contribution in [2.75, 3.05) is 20.6 Å². The highest BCUT2D eigenvalue weighted by atomic mass is 35.5. The van der Waals surface area contributed by atoms with Gasteiger partial charge in [-0.3, -0.25) is 10.1 Å². The molecular formula is C15H22ClN3O. The van der Waals surface area contributed by atoms with Crippen molar-refractivity contribution in [2.45, 2.75) is 32.1 Å². The highest BCUT2D eigenvalue weighted by Crippen LogP contribution is 2.28. The molecule has 1 amide bonds. The summed E-state index contributed by atoms with van der Waals surface area (Å²) < 4.78 is 0. The Balaban J connectivity index is 2.25. The molecule has 0 spiro atoms. The number of nitrogens with one attached hydrogen (secondary N) is 1. The molecule has 4 nitrogen and oxygen atoms in total. The van der Waals surface area contributed by atoms with Gasteiger partial charge in [-0.2, -0.15) is 0 Å². The Morgan fingerprint density at radius 2 is 1.95 bits per heavy atom. The average Bonchev–Trinajstić information content (AvgIpc) is 2.66. The van der Waals surface area contributed by atoms with E-state index in [1.807, 2.05) is 50.2 Å². The highest BCUT2D eigenvalue weighted by Gasteiger charge is 2.39. The Morgan fingerprint density at radius 1 is 1.35 bits per heavy atom. The zero-order valence-corrected chi connectivity index (χ0v) is 13.2. The summed E-state index contributed by atoms with van der Waals surface area (Å²) in [6.45, 7) is 4.83. The van der Waals surface area contributed by atoms with Gasteiger partial charge < -0.3 is 9.80 Å². The van der Waals surface area contributed by atoms with Crippen molar-refractivity contribution in [3.63, 3.8) is 0 Å². The van der Waals surface area contributed by atoms with E-state index in [-0.39, 0.29) is 24.2 Å². The van der Waals surface area contributed by atoms with E-state index in [0.717, 1.165) is 12.1 Å². The number of halogens is 1. The summed E-state index contributed by atoms with van der Waals surface area (Å²) >= 11 is 5.94. The fourth-order valence-corrected chi connectivity index (χ4v) is 2.86. The molecule has 5 heteroatoms. The fourth-order valence-electron chi connectivity index (χ4n) is 2.73. The quantitative estimate of drug-likeness (QED) is 0.924. The molecule has 1 N–H and O–H groups in total. The summed E-state index contributed by atoms with van der Waals surface area (Å²) in [6.07, 6.45) is -0.0790. The van der Waals surface area contributed by atoms with Crippen molar-refractivity contribution < 1.29 is 4.79 Å². The Hall–Kier alpha value is -1.10. The summed E-state index contributed by atoms with van der Waals surface area (Å²) in [7, 11) is 4.04. The SMILES string of the molecule is CC1NC(c2ccc(Cl)cc2)N(C(C)CN(C)C)C1=O. The maximum absolute atomic E-state index is 12.4. The van der Waals surface area contributed by atoms with Crippen LogP contribution in [0.4, 0.5) is 0 Å². The molecule has 1 aliphatic heterocycles. The monoisotopic (exact) mass is 295 g/mol. The van der Waals surface area contributed by atoms with Crippen LogP contribution in [0.2, 0.25) is 5.02 Å². The number of rotatable bonds is 4. The van der Waals surface area contributed by atoms with Crippen molar-refractivity contribution in [3.05, 3.63) is 34.9 Å². The van der Waals surface area contributed by atoms with Crippen LogP contribution in [-0.2, 0) is 4.79 Å². The van der Waals surface area contributed by atoms with Gasteiger partial charge in [0.05, 0.1) is 6.04 Å². The molecule has 1 aromatic rings. The smallest absolute Gasteiger partial charge is 0.241 e. The fraction of sp³-hybridized carbons (Fsp3) is 0.533. The van der Waals surface area contributed by atoms with E-state index in [9.17, 15) is 4.79 Å². The third kappa shape index (κ3) is 3.14. The largest absolute Gasteiger partial charge is 0.318 e. The van der Waals surface area contributed by atoms with Gasteiger partial charge in [-0.15, -0.1) is 0 Å². The van der Waals surface area contributed by atoms with Crippen molar-refractivity contribution in [3.8, 4) is 0 Å². The maximum atomic E-state index is 12.4. The molecule has 0 aliphatic carbocycles. The first-order valence-electron chi connectivity index (χ1n) is 6.88. The van der Waals surface area contributed by atoms with Crippen LogP contribution >= 0.6 is 11.6 Å². The average molecular weight is 296 g/mol. The first kappa shape index (κ1) is 15.3. The van der Waals surface area contributed by atoms with Crippen LogP contribution in [0.25, 0.3) is 0 Å².